The zero-order chi connectivity index (χ0) is 17.6. The fraction of sp³-hybridized carbons (Fsp3) is 0.381. The Morgan fingerprint density at radius 1 is 1.16 bits per heavy atom. The van der Waals surface area contributed by atoms with Crippen LogP contribution < -0.4 is 0 Å². The van der Waals surface area contributed by atoms with Crippen LogP contribution in [0.1, 0.15) is 36.9 Å². The minimum absolute atomic E-state index is 0.121. The number of carbonyl (C=O) groups excluding carboxylic acids is 1. The average molecular weight is 341 g/mol. The predicted octanol–water partition coefficient (Wildman–Crippen LogP) is 4.19. The molecule has 0 bridgehead atoms. The molecule has 2 aromatic rings. The van der Waals surface area contributed by atoms with Crippen LogP contribution in [0.25, 0.3) is 0 Å². The SMILES string of the molecule is CCN(C(=O)C[C@@H]1CCOC1)[C@@H](c1ccccc1)c1ccc(F)cc1. The van der Waals surface area contributed by atoms with Crippen LogP contribution in [0.2, 0.25) is 0 Å². The number of carbonyl (C=O) groups is 1. The molecule has 1 aliphatic rings. The molecule has 0 aromatic heterocycles. The van der Waals surface area contributed by atoms with E-state index in [1.165, 1.54) is 12.1 Å². The summed E-state index contributed by atoms with van der Waals surface area (Å²) in [4.78, 5) is 14.9. The summed E-state index contributed by atoms with van der Waals surface area (Å²) in [6.07, 6.45) is 1.44. The van der Waals surface area contributed by atoms with Crippen LogP contribution in [0.4, 0.5) is 4.39 Å². The molecule has 2 aromatic carbocycles. The van der Waals surface area contributed by atoms with Gasteiger partial charge < -0.3 is 9.64 Å². The molecule has 0 aliphatic carbocycles. The van der Waals surface area contributed by atoms with Gasteiger partial charge in [-0.05, 0) is 42.5 Å². The van der Waals surface area contributed by atoms with Crippen LogP contribution in [0.3, 0.4) is 0 Å². The number of hydrogen-bond donors (Lipinski definition) is 0. The summed E-state index contributed by atoms with van der Waals surface area (Å²) in [5.41, 5.74) is 1.96. The van der Waals surface area contributed by atoms with Gasteiger partial charge in [0.05, 0.1) is 6.04 Å². The van der Waals surface area contributed by atoms with Crippen molar-refractivity contribution in [2.75, 3.05) is 19.8 Å². The number of benzene rings is 2. The Hall–Kier alpha value is -2.20. The summed E-state index contributed by atoms with van der Waals surface area (Å²) in [5.74, 6) is 0.149. The molecule has 0 saturated carbocycles. The summed E-state index contributed by atoms with van der Waals surface area (Å²) < 4.78 is 18.8. The molecule has 3 nitrogen and oxygen atoms in total. The van der Waals surface area contributed by atoms with E-state index in [9.17, 15) is 9.18 Å². The summed E-state index contributed by atoms with van der Waals surface area (Å²) in [5, 5.41) is 0. The molecule has 0 unspecified atom stereocenters. The highest BCUT2D eigenvalue weighted by Crippen LogP contribution is 2.30. The molecule has 0 N–H and O–H groups in total. The molecule has 1 fully saturated rings. The number of hydrogen-bond acceptors (Lipinski definition) is 2. The van der Waals surface area contributed by atoms with E-state index < -0.39 is 0 Å². The van der Waals surface area contributed by atoms with Gasteiger partial charge >= 0.3 is 0 Å². The van der Waals surface area contributed by atoms with Gasteiger partial charge in [-0.3, -0.25) is 4.79 Å². The first-order valence-electron chi connectivity index (χ1n) is 8.86. The molecular formula is C21H24FNO2. The molecular weight excluding hydrogens is 317 g/mol. The molecule has 3 rings (SSSR count). The molecule has 1 saturated heterocycles. The van der Waals surface area contributed by atoms with E-state index in [4.69, 9.17) is 4.74 Å². The number of rotatable bonds is 6. The second kappa shape index (κ2) is 8.26. The molecule has 0 radical (unpaired) electrons. The Morgan fingerprint density at radius 3 is 2.44 bits per heavy atom. The number of ether oxygens (including phenoxy) is 1. The maximum Gasteiger partial charge on any atom is 0.223 e. The normalized spacial score (nSPS) is 18.1. The lowest BCUT2D eigenvalue weighted by atomic mass is 9.95. The van der Waals surface area contributed by atoms with E-state index in [0.717, 1.165) is 24.2 Å². The number of halogens is 1. The smallest absolute Gasteiger partial charge is 0.223 e. The van der Waals surface area contributed by atoms with Crippen LogP contribution in [-0.4, -0.2) is 30.6 Å². The lowest BCUT2D eigenvalue weighted by Crippen LogP contribution is -2.36. The van der Waals surface area contributed by atoms with Crippen LogP contribution in [0, 0.1) is 11.7 Å². The van der Waals surface area contributed by atoms with Gasteiger partial charge in [-0.25, -0.2) is 4.39 Å². The van der Waals surface area contributed by atoms with E-state index >= 15 is 0 Å². The van der Waals surface area contributed by atoms with E-state index in [1.807, 2.05) is 42.2 Å². The molecule has 132 valence electrons. The predicted molar refractivity (Wildman–Crippen MR) is 95.6 cm³/mol. The van der Waals surface area contributed by atoms with Crippen LogP contribution >= 0.6 is 0 Å². The Morgan fingerprint density at radius 2 is 1.84 bits per heavy atom. The summed E-state index contributed by atoms with van der Waals surface area (Å²) in [6, 6.07) is 16.2. The van der Waals surface area contributed by atoms with Gasteiger partial charge in [-0.15, -0.1) is 0 Å². The van der Waals surface area contributed by atoms with Gasteiger partial charge in [0.15, 0.2) is 0 Å². The highest BCUT2D eigenvalue weighted by molar-refractivity contribution is 5.77. The van der Waals surface area contributed by atoms with Gasteiger partial charge in [-0.2, -0.15) is 0 Å². The monoisotopic (exact) mass is 341 g/mol. The second-order valence-corrected chi connectivity index (χ2v) is 6.48. The first kappa shape index (κ1) is 17.6. The van der Waals surface area contributed by atoms with Crippen LogP contribution in [0.5, 0.6) is 0 Å². The number of nitrogens with zero attached hydrogens (tertiary/aromatic N) is 1. The average Bonchev–Trinajstić information content (AvgIpc) is 3.14. The summed E-state index contributed by atoms with van der Waals surface area (Å²) in [6.45, 7) is 3.99. The fourth-order valence-electron chi connectivity index (χ4n) is 3.44. The Kier molecular flexibility index (Phi) is 5.82. The van der Waals surface area contributed by atoms with Gasteiger partial charge in [0.1, 0.15) is 5.82 Å². The maximum atomic E-state index is 13.4. The minimum Gasteiger partial charge on any atom is -0.381 e. The van der Waals surface area contributed by atoms with Crippen molar-refractivity contribution in [3.8, 4) is 0 Å². The highest BCUT2D eigenvalue weighted by Gasteiger charge is 2.28. The van der Waals surface area contributed by atoms with Crippen LogP contribution in [0.15, 0.2) is 54.6 Å². The molecule has 25 heavy (non-hydrogen) atoms. The van der Waals surface area contributed by atoms with Gasteiger partial charge in [0.25, 0.3) is 0 Å². The van der Waals surface area contributed by atoms with E-state index in [-0.39, 0.29) is 17.8 Å². The van der Waals surface area contributed by atoms with Crippen molar-refractivity contribution in [2.24, 2.45) is 5.92 Å². The zero-order valence-electron chi connectivity index (χ0n) is 14.5. The van der Waals surface area contributed by atoms with E-state index in [2.05, 4.69) is 0 Å². The van der Waals surface area contributed by atoms with E-state index in [0.29, 0.717) is 25.5 Å². The molecule has 4 heteroatoms. The van der Waals surface area contributed by atoms with Gasteiger partial charge in [-0.1, -0.05) is 42.5 Å². The molecule has 1 amide bonds. The second-order valence-electron chi connectivity index (χ2n) is 6.48. The molecule has 1 heterocycles. The van der Waals surface area contributed by atoms with Gasteiger partial charge in [0, 0.05) is 26.2 Å². The van der Waals surface area contributed by atoms with Crippen molar-refractivity contribution in [3.63, 3.8) is 0 Å². The van der Waals surface area contributed by atoms with Crippen LogP contribution in [-0.2, 0) is 9.53 Å². The summed E-state index contributed by atoms with van der Waals surface area (Å²) in [7, 11) is 0. The van der Waals surface area contributed by atoms with Crippen molar-refractivity contribution in [1.29, 1.82) is 0 Å². The lowest BCUT2D eigenvalue weighted by Gasteiger charge is -2.32. The Balaban J connectivity index is 1.90. The van der Waals surface area contributed by atoms with Crippen molar-refractivity contribution < 1.29 is 13.9 Å². The molecule has 0 spiro atoms. The minimum atomic E-state index is -0.270. The molecule has 2 atom stereocenters. The largest absolute Gasteiger partial charge is 0.381 e. The van der Waals surface area contributed by atoms with Crippen molar-refractivity contribution in [1.82, 2.24) is 4.90 Å². The highest BCUT2D eigenvalue weighted by atomic mass is 19.1. The number of amides is 1. The van der Waals surface area contributed by atoms with Gasteiger partial charge in [0.2, 0.25) is 5.91 Å². The zero-order valence-corrected chi connectivity index (χ0v) is 14.5. The quantitative estimate of drug-likeness (QED) is 0.788. The summed E-state index contributed by atoms with van der Waals surface area (Å²) >= 11 is 0. The third-order valence-corrected chi connectivity index (χ3v) is 4.76. The van der Waals surface area contributed by atoms with E-state index in [1.54, 1.807) is 12.1 Å². The van der Waals surface area contributed by atoms with Crippen molar-refractivity contribution >= 4 is 5.91 Å². The molecule has 1 aliphatic heterocycles. The van der Waals surface area contributed by atoms with Crippen molar-refractivity contribution in [3.05, 3.63) is 71.5 Å². The first-order chi connectivity index (χ1) is 12.2. The third kappa shape index (κ3) is 4.26. The standard InChI is InChI=1S/C21H24FNO2/c1-2-23(20(24)14-16-12-13-25-15-16)21(17-6-4-3-5-7-17)18-8-10-19(22)11-9-18/h3-11,16,21H,2,12-15H2,1H3/t16-,21-/m0/s1. The van der Waals surface area contributed by atoms with Crippen molar-refractivity contribution in [2.45, 2.75) is 25.8 Å². The lowest BCUT2D eigenvalue weighted by molar-refractivity contribution is -0.133. The Labute approximate surface area is 148 Å². The maximum absolute atomic E-state index is 13.4. The topological polar surface area (TPSA) is 29.5 Å². The first-order valence-corrected chi connectivity index (χ1v) is 8.86. The third-order valence-electron chi connectivity index (χ3n) is 4.76. The fourth-order valence-corrected chi connectivity index (χ4v) is 3.44. The Bertz CT molecular complexity index is 681.